The number of hydrogen-bond donors (Lipinski definition) is 2. The smallest absolute Gasteiger partial charge is 0.304 e. The maximum Gasteiger partial charge on any atom is 0.304 e. The molecule has 5 nitrogen and oxygen atoms in total. The van der Waals surface area contributed by atoms with E-state index in [4.69, 9.17) is 16.7 Å². The first-order chi connectivity index (χ1) is 7.80. The molecule has 1 aromatic carbocycles. The van der Waals surface area contributed by atoms with Gasteiger partial charge in [0.1, 0.15) is 0 Å². The summed E-state index contributed by atoms with van der Waals surface area (Å²) in [6.45, 7) is 0. The number of benzene rings is 1. The van der Waals surface area contributed by atoms with Gasteiger partial charge in [0, 0.05) is 4.47 Å². The highest BCUT2D eigenvalue weighted by molar-refractivity contribution is 9.10. The summed E-state index contributed by atoms with van der Waals surface area (Å²) in [6, 6.07) is 4.66. The summed E-state index contributed by atoms with van der Waals surface area (Å²) < 4.78 is 25.9. The van der Waals surface area contributed by atoms with Gasteiger partial charge in [0.05, 0.1) is 22.9 Å². The summed E-state index contributed by atoms with van der Waals surface area (Å²) in [5, 5.41) is 8.64. The zero-order valence-electron chi connectivity index (χ0n) is 8.48. The normalized spacial score (nSPS) is 11.2. The van der Waals surface area contributed by atoms with Crippen LogP contribution in [-0.2, 0) is 14.8 Å². The molecule has 0 saturated heterocycles. The lowest BCUT2D eigenvalue weighted by molar-refractivity contribution is -0.136. The van der Waals surface area contributed by atoms with Crippen LogP contribution in [0.25, 0.3) is 0 Å². The highest BCUT2D eigenvalue weighted by Crippen LogP contribution is 2.26. The Morgan fingerprint density at radius 2 is 2.12 bits per heavy atom. The second-order valence-corrected chi connectivity index (χ2v) is 6.35. The zero-order chi connectivity index (χ0) is 13.1. The summed E-state index contributed by atoms with van der Waals surface area (Å²) in [4.78, 5) is 10.3. The number of halogens is 2. The van der Waals surface area contributed by atoms with Crippen LogP contribution in [-0.4, -0.2) is 25.2 Å². The quantitative estimate of drug-likeness (QED) is 0.860. The molecular weight excluding hydrogens is 334 g/mol. The van der Waals surface area contributed by atoms with Crippen molar-refractivity contribution in [1.82, 2.24) is 0 Å². The number of nitrogens with one attached hydrogen (secondary N) is 1. The van der Waals surface area contributed by atoms with Gasteiger partial charge in [-0.25, -0.2) is 8.42 Å². The van der Waals surface area contributed by atoms with Gasteiger partial charge in [0.2, 0.25) is 10.0 Å². The first-order valence-electron chi connectivity index (χ1n) is 4.47. The molecule has 0 unspecified atom stereocenters. The second kappa shape index (κ2) is 5.70. The van der Waals surface area contributed by atoms with Crippen LogP contribution in [0.5, 0.6) is 0 Å². The number of hydrogen-bond acceptors (Lipinski definition) is 3. The van der Waals surface area contributed by atoms with Gasteiger partial charge in [-0.05, 0) is 18.2 Å². The molecule has 0 spiro atoms. The molecular formula is C9H9BrClNO4S. The van der Waals surface area contributed by atoms with Crippen LogP contribution in [0.3, 0.4) is 0 Å². The largest absolute Gasteiger partial charge is 0.481 e. The third-order valence-electron chi connectivity index (χ3n) is 1.78. The van der Waals surface area contributed by atoms with Crippen LogP contribution in [0, 0.1) is 0 Å². The Hall–Kier alpha value is -0.790. The SMILES string of the molecule is O=C(O)CCS(=O)(=O)Nc1ccc(Br)cc1Cl. The standard InChI is InChI=1S/C9H9BrClNO4S/c10-6-1-2-8(7(11)5-6)12-17(15,16)4-3-9(13)14/h1-2,5,12H,3-4H2,(H,13,14). The van der Waals surface area contributed by atoms with E-state index in [1.54, 1.807) is 6.07 Å². The molecule has 8 heteroatoms. The lowest BCUT2D eigenvalue weighted by Gasteiger charge is -2.08. The Balaban J connectivity index is 2.79. The van der Waals surface area contributed by atoms with E-state index < -0.39 is 28.2 Å². The molecule has 1 rings (SSSR count). The molecule has 0 bridgehead atoms. The molecule has 0 aliphatic heterocycles. The maximum atomic E-state index is 11.5. The number of sulfonamides is 1. The third-order valence-corrected chi connectivity index (χ3v) is 3.86. The minimum atomic E-state index is -3.70. The van der Waals surface area contributed by atoms with Crippen LogP contribution in [0.2, 0.25) is 5.02 Å². The van der Waals surface area contributed by atoms with E-state index in [-0.39, 0.29) is 10.7 Å². The summed E-state index contributed by atoms with van der Waals surface area (Å²) in [6.07, 6.45) is -0.455. The first kappa shape index (κ1) is 14.3. The fourth-order valence-electron chi connectivity index (χ4n) is 1.01. The monoisotopic (exact) mass is 341 g/mol. The molecule has 94 valence electrons. The van der Waals surface area contributed by atoms with Gasteiger partial charge in [0.25, 0.3) is 0 Å². The van der Waals surface area contributed by atoms with Crippen LogP contribution in [0.4, 0.5) is 5.69 Å². The van der Waals surface area contributed by atoms with E-state index in [1.807, 2.05) is 0 Å². The van der Waals surface area contributed by atoms with Gasteiger partial charge >= 0.3 is 5.97 Å². The van der Waals surface area contributed by atoms with E-state index >= 15 is 0 Å². The second-order valence-electron chi connectivity index (χ2n) is 3.19. The Labute approximate surface area is 112 Å². The van der Waals surface area contributed by atoms with Gasteiger partial charge in [-0.3, -0.25) is 9.52 Å². The fourth-order valence-corrected chi connectivity index (χ4v) is 2.85. The number of carboxylic acids is 1. The third kappa shape index (κ3) is 4.93. The molecule has 0 radical (unpaired) electrons. The fraction of sp³-hybridized carbons (Fsp3) is 0.222. The average Bonchev–Trinajstić information content (AvgIpc) is 2.20. The molecule has 0 fully saturated rings. The molecule has 1 aromatic rings. The molecule has 0 aromatic heterocycles. The molecule has 0 aliphatic rings. The minimum absolute atomic E-state index is 0.222. The molecule has 2 N–H and O–H groups in total. The lowest BCUT2D eigenvalue weighted by atomic mass is 10.3. The van der Waals surface area contributed by atoms with Crippen molar-refractivity contribution in [1.29, 1.82) is 0 Å². The van der Waals surface area contributed by atoms with Crippen molar-refractivity contribution in [3.05, 3.63) is 27.7 Å². The molecule has 0 atom stereocenters. The van der Waals surface area contributed by atoms with Crippen molar-refractivity contribution >= 4 is 49.2 Å². The van der Waals surface area contributed by atoms with E-state index in [0.717, 1.165) is 4.47 Å². The summed E-state index contributed by atoms with van der Waals surface area (Å²) in [5.41, 5.74) is 0.222. The van der Waals surface area contributed by atoms with Crippen molar-refractivity contribution in [3.8, 4) is 0 Å². The van der Waals surface area contributed by atoms with Gasteiger partial charge in [-0.1, -0.05) is 27.5 Å². The molecule has 0 heterocycles. The van der Waals surface area contributed by atoms with E-state index in [1.165, 1.54) is 12.1 Å². The summed E-state index contributed by atoms with van der Waals surface area (Å²) in [7, 11) is -3.70. The molecule has 0 saturated carbocycles. The molecule has 17 heavy (non-hydrogen) atoms. The predicted molar refractivity (Wildman–Crippen MR) is 68.8 cm³/mol. The number of anilines is 1. The highest BCUT2D eigenvalue weighted by atomic mass is 79.9. The Morgan fingerprint density at radius 3 is 2.65 bits per heavy atom. The van der Waals surface area contributed by atoms with E-state index in [2.05, 4.69) is 20.7 Å². The number of carboxylic acid groups (broad SMARTS) is 1. The van der Waals surface area contributed by atoms with Crippen LogP contribution in [0.1, 0.15) is 6.42 Å². The predicted octanol–water partition coefficient (Wildman–Crippen LogP) is 2.32. The van der Waals surface area contributed by atoms with Crippen LogP contribution >= 0.6 is 27.5 Å². The van der Waals surface area contributed by atoms with Gasteiger partial charge in [-0.2, -0.15) is 0 Å². The van der Waals surface area contributed by atoms with Crippen molar-refractivity contribution in [2.45, 2.75) is 6.42 Å². The van der Waals surface area contributed by atoms with Crippen molar-refractivity contribution in [3.63, 3.8) is 0 Å². The Kier molecular flexibility index (Phi) is 4.79. The Bertz CT molecular complexity index is 532. The van der Waals surface area contributed by atoms with E-state index in [0.29, 0.717) is 0 Å². The number of aliphatic carboxylic acids is 1. The molecule has 0 aliphatic carbocycles. The Morgan fingerprint density at radius 1 is 1.47 bits per heavy atom. The topological polar surface area (TPSA) is 83.5 Å². The van der Waals surface area contributed by atoms with Crippen LogP contribution < -0.4 is 4.72 Å². The lowest BCUT2D eigenvalue weighted by Crippen LogP contribution is -2.19. The minimum Gasteiger partial charge on any atom is -0.481 e. The maximum absolute atomic E-state index is 11.5. The zero-order valence-corrected chi connectivity index (χ0v) is 11.6. The number of rotatable bonds is 5. The van der Waals surface area contributed by atoms with Crippen LogP contribution in [0.15, 0.2) is 22.7 Å². The van der Waals surface area contributed by atoms with Crippen molar-refractivity contribution in [2.24, 2.45) is 0 Å². The highest BCUT2D eigenvalue weighted by Gasteiger charge is 2.14. The van der Waals surface area contributed by atoms with Gasteiger partial charge in [0.15, 0.2) is 0 Å². The van der Waals surface area contributed by atoms with Crippen molar-refractivity contribution < 1.29 is 18.3 Å². The van der Waals surface area contributed by atoms with Crippen molar-refractivity contribution in [2.75, 3.05) is 10.5 Å². The average molecular weight is 343 g/mol. The molecule has 0 amide bonds. The summed E-state index contributed by atoms with van der Waals surface area (Å²) >= 11 is 9.01. The first-order valence-corrected chi connectivity index (χ1v) is 7.30. The van der Waals surface area contributed by atoms with Gasteiger partial charge in [-0.15, -0.1) is 0 Å². The van der Waals surface area contributed by atoms with Gasteiger partial charge < -0.3 is 5.11 Å². The summed E-state index contributed by atoms with van der Waals surface area (Å²) in [5.74, 6) is -1.66. The number of carbonyl (C=O) groups is 1. The van der Waals surface area contributed by atoms with E-state index in [9.17, 15) is 13.2 Å².